The van der Waals surface area contributed by atoms with Crippen LogP contribution in [0.4, 0.5) is 5.69 Å². The molecule has 0 aromatic heterocycles. The second kappa shape index (κ2) is 5.25. The number of para-hydroxylation sites is 1. The molecule has 1 aromatic carbocycles. The SMILES string of the molecule is CCN1C(=O)/C(=N\N2CCN(C)CC2)c2ccccc21. The summed E-state index contributed by atoms with van der Waals surface area (Å²) in [6, 6.07) is 7.90. The second-order valence-corrected chi connectivity index (χ2v) is 5.27. The van der Waals surface area contributed by atoms with Gasteiger partial charge in [-0.25, -0.2) is 0 Å². The molecule has 5 heteroatoms. The number of hydrogen-bond acceptors (Lipinski definition) is 4. The summed E-state index contributed by atoms with van der Waals surface area (Å²) in [4.78, 5) is 16.6. The molecule has 0 atom stereocenters. The molecule has 1 saturated heterocycles. The molecular formula is C15H20N4O. The molecule has 0 spiro atoms. The van der Waals surface area contributed by atoms with Crippen LogP contribution in [0.2, 0.25) is 0 Å². The van der Waals surface area contributed by atoms with Gasteiger partial charge in [0.05, 0.1) is 5.69 Å². The Balaban J connectivity index is 1.91. The highest BCUT2D eigenvalue weighted by molar-refractivity contribution is 6.54. The lowest BCUT2D eigenvalue weighted by molar-refractivity contribution is -0.112. The van der Waals surface area contributed by atoms with Crippen LogP contribution in [0.25, 0.3) is 0 Å². The molecular weight excluding hydrogens is 252 g/mol. The van der Waals surface area contributed by atoms with Crippen LogP contribution >= 0.6 is 0 Å². The highest BCUT2D eigenvalue weighted by atomic mass is 16.2. The molecule has 5 nitrogen and oxygen atoms in total. The van der Waals surface area contributed by atoms with Crippen LogP contribution in [-0.4, -0.2) is 61.3 Å². The first-order chi connectivity index (χ1) is 9.70. The van der Waals surface area contributed by atoms with E-state index in [-0.39, 0.29) is 5.91 Å². The molecule has 0 bridgehead atoms. The number of nitrogens with zero attached hydrogens (tertiary/aromatic N) is 4. The van der Waals surface area contributed by atoms with Crippen molar-refractivity contribution in [3.05, 3.63) is 29.8 Å². The number of rotatable bonds is 2. The van der Waals surface area contributed by atoms with Crippen molar-refractivity contribution in [1.82, 2.24) is 9.91 Å². The largest absolute Gasteiger partial charge is 0.307 e. The van der Waals surface area contributed by atoms with Crippen LogP contribution in [0.5, 0.6) is 0 Å². The molecule has 106 valence electrons. The van der Waals surface area contributed by atoms with Gasteiger partial charge in [0.1, 0.15) is 0 Å². The first-order valence-corrected chi connectivity index (χ1v) is 7.14. The normalized spacial score (nSPS) is 21.7. The topological polar surface area (TPSA) is 39.2 Å². The average molecular weight is 272 g/mol. The number of amides is 1. The van der Waals surface area contributed by atoms with E-state index in [0.29, 0.717) is 12.3 Å². The van der Waals surface area contributed by atoms with Gasteiger partial charge in [-0.15, -0.1) is 0 Å². The van der Waals surface area contributed by atoms with Crippen molar-refractivity contribution >= 4 is 17.3 Å². The average Bonchev–Trinajstić information content (AvgIpc) is 2.74. The molecule has 1 amide bonds. The summed E-state index contributed by atoms with van der Waals surface area (Å²) >= 11 is 0. The van der Waals surface area contributed by atoms with Gasteiger partial charge in [-0.3, -0.25) is 9.80 Å². The van der Waals surface area contributed by atoms with Gasteiger partial charge in [-0.05, 0) is 20.0 Å². The van der Waals surface area contributed by atoms with Gasteiger partial charge in [0.15, 0.2) is 5.71 Å². The van der Waals surface area contributed by atoms with Crippen molar-refractivity contribution in [1.29, 1.82) is 0 Å². The first-order valence-electron chi connectivity index (χ1n) is 7.14. The maximum atomic E-state index is 12.5. The molecule has 2 aliphatic heterocycles. The maximum Gasteiger partial charge on any atom is 0.279 e. The third-order valence-corrected chi connectivity index (χ3v) is 3.94. The number of carbonyl (C=O) groups is 1. The van der Waals surface area contributed by atoms with Gasteiger partial charge < -0.3 is 9.80 Å². The quantitative estimate of drug-likeness (QED) is 0.806. The predicted molar refractivity (Wildman–Crippen MR) is 80.1 cm³/mol. The number of likely N-dealkylation sites (N-methyl/N-ethyl adjacent to an activating group) is 2. The molecule has 0 unspecified atom stereocenters. The van der Waals surface area contributed by atoms with Crippen LogP contribution in [-0.2, 0) is 4.79 Å². The number of fused-ring (bicyclic) bond motifs is 1. The molecule has 1 aromatic rings. The van der Waals surface area contributed by atoms with Crippen molar-refractivity contribution in [2.75, 3.05) is 44.7 Å². The summed E-state index contributed by atoms with van der Waals surface area (Å²) < 4.78 is 0. The molecule has 2 aliphatic rings. The van der Waals surface area contributed by atoms with Crippen molar-refractivity contribution < 1.29 is 4.79 Å². The van der Waals surface area contributed by atoms with E-state index in [2.05, 4.69) is 17.0 Å². The number of hydrazone groups is 1. The number of carbonyl (C=O) groups excluding carboxylic acids is 1. The van der Waals surface area contributed by atoms with Crippen LogP contribution in [0.15, 0.2) is 29.4 Å². The van der Waals surface area contributed by atoms with E-state index in [4.69, 9.17) is 0 Å². The fraction of sp³-hybridized carbons (Fsp3) is 0.467. The van der Waals surface area contributed by atoms with E-state index in [9.17, 15) is 4.79 Å². The van der Waals surface area contributed by atoms with E-state index in [1.54, 1.807) is 4.90 Å². The van der Waals surface area contributed by atoms with Crippen molar-refractivity contribution in [3.63, 3.8) is 0 Å². The zero-order valence-corrected chi connectivity index (χ0v) is 12.0. The van der Waals surface area contributed by atoms with E-state index in [0.717, 1.165) is 37.4 Å². The Hall–Kier alpha value is -1.88. The molecule has 0 aliphatic carbocycles. The Morgan fingerprint density at radius 3 is 2.55 bits per heavy atom. The van der Waals surface area contributed by atoms with E-state index in [1.165, 1.54) is 0 Å². The molecule has 0 saturated carbocycles. The zero-order valence-electron chi connectivity index (χ0n) is 12.0. The fourth-order valence-corrected chi connectivity index (χ4v) is 2.71. The number of hydrogen-bond donors (Lipinski definition) is 0. The highest BCUT2D eigenvalue weighted by Gasteiger charge is 2.33. The van der Waals surface area contributed by atoms with Gasteiger partial charge in [0.2, 0.25) is 0 Å². The Labute approximate surface area is 119 Å². The number of anilines is 1. The number of piperazine rings is 1. The minimum absolute atomic E-state index is 0.0210. The molecule has 3 rings (SSSR count). The van der Waals surface area contributed by atoms with Gasteiger partial charge in [-0.2, -0.15) is 5.10 Å². The van der Waals surface area contributed by atoms with Gasteiger partial charge in [0.25, 0.3) is 5.91 Å². The lowest BCUT2D eigenvalue weighted by Gasteiger charge is -2.30. The van der Waals surface area contributed by atoms with Crippen LogP contribution < -0.4 is 4.90 Å². The predicted octanol–water partition coefficient (Wildman–Crippen LogP) is 1.00. The van der Waals surface area contributed by atoms with E-state index < -0.39 is 0 Å². The molecule has 0 N–H and O–H groups in total. The molecule has 2 heterocycles. The van der Waals surface area contributed by atoms with Gasteiger partial charge in [0, 0.05) is 38.3 Å². The van der Waals surface area contributed by atoms with Crippen LogP contribution in [0.3, 0.4) is 0 Å². The smallest absolute Gasteiger partial charge is 0.279 e. The Morgan fingerprint density at radius 2 is 1.85 bits per heavy atom. The Morgan fingerprint density at radius 1 is 1.15 bits per heavy atom. The summed E-state index contributed by atoms with van der Waals surface area (Å²) in [5.41, 5.74) is 2.53. The Kier molecular flexibility index (Phi) is 3.44. The summed E-state index contributed by atoms with van der Waals surface area (Å²) in [6.45, 7) is 6.41. The highest BCUT2D eigenvalue weighted by Crippen LogP contribution is 2.29. The summed E-state index contributed by atoms with van der Waals surface area (Å²) in [6.07, 6.45) is 0. The van der Waals surface area contributed by atoms with E-state index >= 15 is 0 Å². The van der Waals surface area contributed by atoms with Crippen molar-refractivity contribution in [2.24, 2.45) is 5.10 Å². The monoisotopic (exact) mass is 272 g/mol. The van der Waals surface area contributed by atoms with Gasteiger partial charge in [-0.1, -0.05) is 18.2 Å². The second-order valence-electron chi connectivity index (χ2n) is 5.27. The van der Waals surface area contributed by atoms with Crippen molar-refractivity contribution in [2.45, 2.75) is 6.92 Å². The molecule has 1 fully saturated rings. The third kappa shape index (κ3) is 2.18. The lowest BCUT2D eigenvalue weighted by Crippen LogP contribution is -2.42. The Bertz CT molecular complexity index is 547. The van der Waals surface area contributed by atoms with Crippen LogP contribution in [0, 0.1) is 0 Å². The minimum atomic E-state index is 0.0210. The van der Waals surface area contributed by atoms with Crippen molar-refractivity contribution in [3.8, 4) is 0 Å². The lowest BCUT2D eigenvalue weighted by atomic mass is 10.1. The number of benzene rings is 1. The third-order valence-electron chi connectivity index (χ3n) is 3.94. The standard InChI is InChI=1S/C15H20N4O/c1-3-19-13-7-5-4-6-12(13)14(15(19)20)16-18-10-8-17(2)9-11-18/h4-7H,3,8-11H2,1-2H3/b16-14-. The molecule has 0 radical (unpaired) electrons. The van der Waals surface area contributed by atoms with E-state index in [1.807, 2.05) is 36.2 Å². The summed E-state index contributed by atoms with van der Waals surface area (Å²) in [5, 5.41) is 6.64. The minimum Gasteiger partial charge on any atom is -0.307 e. The summed E-state index contributed by atoms with van der Waals surface area (Å²) in [5.74, 6) is 0.0210. The zero-order chi connectivity index (χ0) is 14.1. The first kappa shape index (κ1) is 13.1. The molecule has 20 heavy (non-hydrogen) atoms. The van der Waals surface area contributed by atoms with Crippen LogP contribution in [0.1, 0.15) is 12.5 Å². The summed E-state index contributed by atoms with van der Waals surface area (Å²) in [7, 11) is 2.11. The van der Waals surface area contributed by atoms with Gasteiger partial charge >= 0.3 is 0 Å². The maximum absolute atomic E-state index is 12.5. The fourth-order valence-electron chi connectivity index (χ4n) is 2.71.